The summed E-state index contributed by atoms with van der Waals surface area (Å²) in [6, 6.07) is 15.9. The number of hydrogen-bond acceptors (Lipinski definition) is 9. The van der Waals surface area contributed by atoms with Crippen LogP contribution in [0.25, 0.3) is 22.3 Å². The first kappa shape index (κ1) is 52.6. The fourth-order valence-electron chi connectivity index (χ4n) is 8.72. The van der Waals surface area contributed by atoms with Crippen molar-refractivity contribution in [2.45, 2.75) is 127 Å². The van der Waals surface area contributed by atoms with Crippen molar-refractivity contribution >= 4 is 30.0 Å². The van der Waals surface area contributed by atoms with Crippen molar-refractivity contribution in [3.8, 4) is 22.3 Å². The van der Waals surface area contributed by atoms with Crippen LogP contribution in [0, 0.1) is 39.5 Å². The molecule has 1 unspecified atom stereocenters. The summed E-state index contributed by atoms with van der Waals surface area (Å²) in [6.07, 6.45) is -0.195. The molecule has 2 aromatic carbocycles. The number of fused-ring (bicyclic) bond motifs is 1. The first-order chi connectivity index (χ1) is 32.0. The van der Waals surface area contributed by atoms with Crippen LogP contribution in [0.2, 0.25) is 0 Å². The summed E-state index contributed by atoms with van der Waals surface area (Å²) in [4.78, 5) is 74.5. The maximum absolute atomic E-state index is 13.6. The summed E-state index contributed by atoms with van der Waals surface area (Å²) in [7, 11) is 0. The van der Waals surface area contributed by atoms with Crippen LogP contribution in [0.3, 0.4) is 0 Å². The van der Waals surface area contributed by atoms with Gasteiger partial charge in [0.1, 0.15) is 12.2 Å². The number of nitrogens with one attached hydrogen (secondary N) is 2. The van der Waals surface area contributed by atoms with Crippen LogP contribution in [-0.2, 0) is 62.6 Å². The minimum absolute atomic E-state index is 0.0265. The molecule has 0 radical (unpaired) electrons. The van der Waals surface area contributed by atoms with E-state index in [4.69, 9.17) is 19.4 Å². The van der Waals surface area contributed by atoms with Crippen LogP contribution < -0.4 is 10.6 Å². The number of amides is 4. The van der Waals surface area contributed by atoms with Gasteiger partial charge in [-0.25, -0.2) is 9.59 Å². The van der Waals surface area contributed by atoms with Gasteiger partial charge in [-0.2, -0.15) is 0 Å². The molecule has 1 atom stereocenters. The highest BCUT2D eigenvalue weighted by Gasteiger charge is 2.36. The molecule has 15 nitrogen and oxygen atoms in total. The molecule has 0 bridgehead atoms. The predicted molar refractivity (Wildman–Crippen MR) is 261 cm³/mol. The van der Waals surface area contributed by atoms with E-state index >= 15 is 0 Å². The molecule has 4 N–H and O–H groups in total. The summed E-state index contributed by atoms with van der Waals surface area (Å²) in [5.74, 6) is -0.305. The number of nitrogens with zero attached hydrogens (tertiary/aromatic N) is 4. The number of ether oxygens (including phenoxy) is 2. The predicted octanol–water partition coefficient (Wildman–Crippen LogP) is 8.16. The number of carbonyl (C=O) groups excluding carboxylic acids is 3. The Kier molecular flexibility index (Phi) is 17.9. The molecule has 68 heavy (non-hydrogen) atoms. The number of aryl methyl sites for hydroxylation is 4. The number of aromatic nitrogens is 2. The van der Waals surface area contributed by atoms with Crippen molar-refractivity contribution in [3.05, 3.63) is 105 Å². The molecule has 6 rings (SSSR count). The number of carbonyl (C=O) groups is 5. The van der Waals surface area contributed by atoms with Gasteiger partial charge in [-0.1, -0.05) is 87.4 Å². The van der Waals surface area contributed by atoms with Crippen molar-refractivity contribution in [3.63, 3.8) is 0 Å². The Morgan fingerprint density at radius 1 is 0.735 bits per heavy atom. The third-order valence-corrected chi connectivity index (χ3v) is 11.8. The first-order valence-electron chi connectivity index (χ1n) is 23.5. The van der Waals surface area contributed by atoms with Crippen LogP contribution in [0.4, 0.5) is 9.59 Å². The number of alkyl carbamates (subject to hydrolysis) is 1. The zero-order valence-corrected chi connectivity index (χ0v) is 41.7. The largest absolute Gasteiger partial charge is 0.481 e. The Bertz CT molecular complexity index is 2460. The molecule has 0 spiro atoms. The smallest absolute Gasteiger partial charge is 0.407 e. The van der Waals surface area contributed by atoms with Crippen LogP contribution in [0.15, 0.2) is 48.5 Å². The lowest BCUT2D eigenvalue weighted by Crippen LogP contribution is -2.61. The summed E-state index contributed by atoms with van der Waals surface area (Å²) in [6.45, 7) is 23.9. The van der Waals surface area contributed by atoms with Crippen molar-refractivity contribution < 1.29 is 43.7 Å². The van der Waals surface area contributed by atoms with Gasteiger partial charge in [-0.05, 0) is 107 Å². The summed E-state index contributed by atoms with van der Waals surface area (Å²) >= 11 is 0. The zero-order valence-electron chi connectivity index (χ0n) is 41.7. The molecule has 15 heteroatoms. The molecule has 0 aliphatic carbocycles. The van der Waals surface area contributed by atoms with Crippen molar-refractivity contribution in [1.82, 2.24) is 30.4 Å². The van der Waals surface area contributed by atoms with Crippen LogP contribution >= 0.6 is 0 Å². The van der Waals surface area contributed by atoms with E-state index < -0.39 is 23.8 Å². The highest BCUT2D eigenvalue weighted by atomic mass is 16.6. The molecule has 0 saturated carbocycles. The number of aliphatic carboxylic acids is 1. The number of carboxylic acids is 1. The molecule has 2 aliphatic rings. The second-order valence-corrected chi connectivity index (χ2v) is 19.7. The second kappa shape index (κ2) is 23.1. The molecule has 2 aliphatic heterocycles. The fraction of sp³-hybridized carbons (Fsp3) is 0.491. The van der Waals surface area contributed by atoms with E-state index in [1.54, 1.807) is 4.90 Å². The first-order valence-corrected chi connectivity index (χ1v) is 23.5. The van der Waals surface area contributed by atoms with Crippen molar-refractivity contribution in [1.29, 1.82) is 0 Å². The van der Waals surface area contributed by atoms with Gasteiger partial charge in [-0.15, -0.1) is 0 Å². The SMILES string of the molecule is Cc1ccc(-c2c(CC(=O)N3CCN4C(=O)COCC4C3)c(C)nc(CC(C)C)c2CNC(=O)O)cc1.Cc1ccc(-c2c(CC(=O)O)c(C)nc(CC(C)C)c2CNC(=O)OC(C)(C)C)cc1. The summed E-state index contributed by atoms with van der Waals surface area (Å²) in [5.41, 5.74) is 11.5. The van der Waals surface area contributed by atoms with E-state index in [1.165, 1.54) is 0 Å². The van der Waals surface area contributed by atoms with Crippen LogP contribution in [-0.4, -0.2) is 104 Å². The number of hydrogen-bond donors (Lipinski definition) is 4. The number of carboxylic acid groups (broad SMARTS) is 2. The molecule has 2 fully saturated rings. The molecule has 2 saturated heterocycles. The maximum atomic E-state index is 13.6. The van der Waals surface area contributed by atoms with E-state index in [0.717, 1.165) is 73.6 Å². The van der Waals surface area contributed by atoms with Gasteiger partial charge in [-0.3, -0.25) is 24.4 Å². The van der Waals surface area contributed by atoms with Crippen LogP contribution in [0.5, 0.6) is 0 Å². The molecule has 4 amide bonds. The Balaban J connectivity index is 0.000000259. The highest BCUT2D eigenvalue weighted by Crippen LogP contribution is 2.35. The highest BCUT2D eigenvalue weighted by molar-refractivity contribution is 5.85. The minimum Gasteiger partial charge on any atom is -0.481 e. The number of piperazine rings is 1. The van der Waals surface area contributed by atoms with E-state index in [1.807, 2.05) is 102 Å². The lowest BCUT2D eigenvalue weighted by atomic mass is 9.88. The minimum atomic E-state index is -1.11. The van der Waals surface area contributed by atoms with E-state index in [9.17, 15) is 34.2 Å². The lowest BCUT2D eigenvalue weighted by molar-refractivity contribution is -0.156. The van der Waals surface area contributed by atoms with Gasteiger partial charge in [0.15, 0.2) is 0 Å². The Labute approximate surface area is 401 Å². The Morgan fingerprint density at radius 3 is 1.68 bits per heavy atom. The lowest BCUT2D eigenvalue weighted by Gasteiger charge is -2.43. The molecule has 4 aromatic rings. The van der Waals surface area contributed by atoms with Crippen LogP contribution in [0.1, 0.15) is 105 Å². The topological polar surface area (TPSA) is 201 Å². The van der Waals surface area contributed by atoms with E-state index in [2.05, 4.69) is 38.3 Å². The standard InChI is InChI=1S/C28H36N4O5.C25H34N2O4/c1-17(2)11-24-23(13-29-28(35)36)27(20-7-5-18(3)6-8-20)22(19(4)30-24)12-25(33)31-9-10-32-21(14-31)15-37-16-26(32)34;1-15(2)12-21-20(14-26-24(30)31-25(5,6)7)23(18-10-8-16(3)9-11-18)19(13-22(28)29)17(4)27-21/h5-8,17,21,29H,9-16H2,1-4H3,(H,35,36);8-11,15H,12-14H2,1-7H3,(H,26,30)(H,28,29). The molecule has 366 valence electrons. The van der Waals surface area contributed by atoms with Gasteiger partial charge in [0, 0.05) is 66.6 Å². The van der Waals surface area contributed by atoms with Crippen molar-refractivity contribution in [2.75, 3.05) is 32.8 Å². The Hall–Kier alpha value is -6.35. The molecular formula is C53H70N6O9. The van der Waals surface area contributed by atoms with Gasteiger partial charge in [0.2, 0.25) is 11.8 Å². The number of pyridine rings is 2. The van der Waals surface area contributed by atoms with Gasteiger partial charge < -0.3 is 40.1 Å². The fourth-order valence-corrected chi connectivity index (χ4v) is 8.72. The normalized spacial score (nSPS) is 14.8. The number of benzene rings is 2. The van der Waals surface area contributed by atoms with E-state index in [-0.39, 0.29) is 50.4 Å². The average molecular weight is 935 g/mol. The molecular weight excluding hydrogens is 865 g/mol. The Morgan fingerprint density at radius 2 is 1.22 bits per heavy atom. The van der Waals surface area contributed by atoms with E-state index in [0.29, 0.717) is 55.8 Å². The number of rotatable bonds is 14. The quantitative estimate of drug-likeness (QED) is 0.0951. The third-order valence-electron chi connectivity index (χ3n) is 11.8. The van der Waals surface area contributed by atoms with Gasteiger partial charge in [0.25, 0.3) is 0 Å². The average Bonchev–Trinajstić information content (AvgIpc) is 3.24. The second-order valence-electron chi connectivity index (χ2n) is 19.7. The number of morpholine rings is 1. The van der Waals surface area contributed by atoms with Gasteiger partial charge >= 0.3 is 18.2 Å². The zero-order chi connectivity index (χ0) is 50.0. The third kappa shape index (κ3) is 14.3. The maximum Gasteiger partial charge on any atom is 0.407 e. The summed E-state index contributed by atoms with van der Waals surface area (Å²) < 4.78 is 10.8. The molecule has 4 heterocycles. The van der Waals surface area contributed by atoms with Crippen molar-refractivity contribution in [2.24, 2.45) is 11.8 Å². The summed E-state index contributed by atoms with van der Waals surface area (Å²) in [5, 5.41) is 24.3. The monoisotopic (exact) mass is 935 g/mol. The van der Waals surface area contributed by atoms with Gasteiger partial charge in [0.05, 0.1) is 25.5 Å². The molecule has 2 aromatic heterocycles.